The Morgan fingerprint density at radius 2 is 1.62 bits per heavy atom. The fourth-order valence-electron chi connectivity index (χ4n) is 2.35. The van der Waals surface area contributed by atoms with Gasteiger partial charge in [0, 0.05) is 23.5 Å². The highest BCUT2D eigenvalue weighted by Crippen LogP contribution is 2.18. The molecular formula is C19H23N3O2. The summed E-state index contributed by atoms with van der Waals surface area (Å²) >= 11 is 0. The van der Waals surface area contributed by atoms with E-state index in [0.29, 0.717) is 17.8 Å². The minimum Gasteiger partial charge on any atom is -0.325 e. The van der Waals surface area contributed by atoms with Crippen LogP contribution in [0.2, 0.25) is 0 Å². The summed E-state index contributed by atoms with van der Waals surface area (Å²) in [5, 5.41) is 5.76. The number of hydrogen-bond donors (Lipinski definition) is 2. The number of amides is 2. The van der Waals surface area contributed by atoms with Crippen molar-refractivity contribution in [2.24, 2.45) is 0 Å². The smallest absolute Gasteiger partial charge is 0.258 e. The van der Waals surface area contributed by atoms with Crippen LogP contribution in [-0.4, -0.2) is 31.4 Å². The zero-order valence-corrected chi connectivity index (χ0v) is 14.1. The molecule has 0 unspecified atom stereocenters. The van der Waals surface area contributed by atoms with Crippen molar-refractivity contribution in [1.82, 2.24) is 5.32 Å². The third-order valence-electron chi connectivity index (χ3n) is 3.58. The lowest BCUT2D eigenvalue weighted by Crippen LogP contribution is -2.30. The first kappa shape index (κ1) is 17.7. The summed E-state index contributed by atoms with van der Waals surface area (Å²) in [7, 11) is 0. The van der Waals surface area contributed by atoms with Crippen LogP contribution in [-0.2, 0) is 4.79 Å². The van der Waals surface area contributed by atoms with Gasteiger partial charge in [0.2, 0.25) is 5.91 Å². The molecule has 0 saturated heterocycles. The second-order valence-electron chi connectivity index (χ2n) is 5.29. The van der Waals surface area contributed by atoms with E-state index < -0.39 is 0 Å². The Balaban J connectivity index is 2.06. The fourth-order valence-corrected chi connectivity index (χ4v) is 2.35. The van der Waals surface area contributed by atoms with Crippen molar-refractivity contribution < 1.29 is 9.59 Å². The average molecular weight is 325 g/mol. The number of para-hydroxylation sites is 1. The van der Waals surface area contributed by atoms with E-state index in [-0.39, 0.29) is 18.4 Å². The lowest BCUT2D eigenvalue weighted by Gasteiger charge is -2.21. The quantitative estimate of drug-likeness (QED) is 0.823. The molecule has 0 spiro atoms. The molecule has 0 fully saturated rings. The lowest BCUT2D eigenvalue weighted by atomic mass is 10.1. The Kier molecular flexibility index (Phi) is 6.51. The topological polar surface area (TPSA) is 61.4 Å². The minimum atomic E-state index is -0.101. The molecule has 2 rings (SSSR count). The van der Waals surface area contributed by atoms with Crippen LogP contribution in [0.25, 0.3) is 0 Å². The van der Waals surface area contributed by atoms with E-state index in [2.05, 4.69) is 10.6 Å². The normalized spacial score (nSPS) is 10.2. The number of rotatable bonds is 7. The zero-order valence-electron chi connectivity index (χ0n) is 14.1. The summed E-state index contributed by atoms with van der Waals surface area (Å²) in [5.74, 6) is -0.162. The van der Waals surface area contributed by atoms with Crippen molar-refractivity contribution in [1.29, 1.82) is 0 Å². The van der Waals surface area contributed by atoms with Crippen LogP contribution in [0.1, 0.15) is 24.2 Å². The molecule has 5 heteroatoms. The number of hydrogen-bond acceptors (Lipinski definition) is 3. The van der Waals surface area contributed by atoms with E-state index in [1.54, 1.807) is 29.2 Å². The van der Waals surface area contributed by atoms with Gasteiger partial charge in [0.05, 0.1) is 6.54 Å². The number of nitrogens with zero attached hydrogens (tertiary/aromatic N) is 1. The van der Waals surface area contributed by atoms with E-state index in [0.717, 1.165) is 12.2 Å². The predicted molar refractivity (Wildman–Crippen MR) is 97.4 cm³/mol. The molecule has 0 aliphatic carbocycles. The number of nitrogens with one attached hydrogen (secondary N) is 2. The molecule has 0 radical (unpaired) electrons. The van der Waals surface area contributed by atoms with E-state index >= 15 is 0 Å². The maximum Gasteiger partial charge on any atom is 0.258 e. The second kappa shape index (κ2) is 8.84. The fraction of sp³-hybridized carbons (Fsp3) is 0.263. The Bertz CT molecular complexity index is 669. The maximum atomic E-state index is 12.7. The molecule has 24 heavy (non-hydrogen) atoms. The Morgan fingerprint density at radius 3 is 2.21 bits per heavy atom. The van der Waals surface area contributed by atoms with Gasteiger partial charge in [0.25, 0.3) is 5.91 Å². The predicted octanol–water partition coefficient (Wildman–Crippen LogP) is 2.90. The summed E-state index contributed by atoms with van der Waals surface area (Å²) in [6, 6.07) is 16.5. The number of benzene rings is 2. The first-order chi connectivity index (χ1) is 11.7. The highest BCUT2D eigenvalue weighted by atomic mass is 16.2. The molecule has 2 aromatic rings. The molecule has 0 aliphatic heterocycles. The summed E-state index contributed by atoms with van der Waals surface area (Å²) in [6.07, 6.45) is 0. The molecule has 0 aromatic heterocycles. The minimum absolute atomic E-state index is 0.0609. The Hall–Kier alpha value is -2.66. The van der Waals surface area contributed by atoms with Crippen LogP contribution in [0, 0.1) is 0 Å². The van der Waals surface area contributed by atoms with Crippen LogP contribution in [0.3, 0.4) is 0 Å². The van der Waals surface area contributed by atoms with Crippen molar-refractivity contribution >= 4 is 23.2 Å². The average Bonchev–Trinajstić information content (AvgIpc) is 2.62. The van der Waals surface area contributed by atoms with Crippen LogP contribution in [0.5, 0.6) is 0 Å². The molecule has 0 atom stereocenters. The molecule has 0 bridgehead atoms. The van der Waals surface area contributed by atoms with Crippen LogP contribution >= 0.6 is 0 Å². The second-order valence-corrected chi connectivity index (χ2v) is 5.29. The van der Waals surface area contributed by atoms with E-state index in [1.165, 1.54) is 0 Å². The van der Waals surface area contributed by atoms with Gasteiger partial charge in [-0.25, -0.2) is 0 Å². The molecule has 2 N–H and O–H groups in total. The Morgan fingerprint density at radius 1 is 0.958 bits per heavy atom. The first-order valence-corrected chi connectivity index (χ1v) is 8.13. The van der Waals surface area contributed by atoms with Gasteiger partial charge in [-0.05, 0) is 49.9 Å². The number of carbonyl (C=O) groups is 2. The standard InChI is InChI=1S/C19H23N3O2/c1-3-20-14-18(23)21-16-12-10-15(11-13-16)19(24)22(4-2)17-8-6-5-7-9-17/h5-13,20H,3-4,14H2,1-2H3,(H,21,23). The SMILES string of the molecule is CCNCC(=O)Nc1ccc(C(=O)N(CC)c2ccccc2)cc1. The third kappa shape index (κ3) is 4.67. The molecule has 2 amide bonds. The lowest BCUT2D eigenvalue weighted by molar-refractivity contribution is -0.115. The molecule has 0 saturated carbocycles. The van der Waals surface area contributed by atoms with E-state index in [4.69, 9.17) is 0 Å². The molecule has 2 aromatic carbocycles. The first-order valence-electron chi connectivity index (χ1n) is 8.13. The van der Waals surface area contributed by atoms with Gasteiger partial charge in [-0.1, -0.05) is 25.1 Å². The number of likely N-dealkylation sites (N-methyl/N-ethyl adjacent to an activating group) is 1. The van der Waals surface area contributed by atoms with Crippen molar-refractivity contribution in [2.45, 2.75) is 13.8 Å². The zero-order chi connectivity index (χ0) is 17.4. The maximum absolute atomic E-state index is 12.7. The molecule has 0 aliphatic rings. The number of anilines is 2. The molecule has 126 valence electrons. The van der Waals surface area contributed by atoms with Crippen molar-refractivity contribution in [3.05, 3.63) is 60.2 Å². The van der Waals surface area contributed by atoms with Gasteiger partial charge in [0.15, 0.2) is 0 Å². The van der Waals surface area contributed by atoms with Crippen molar-refractivity contribution in [3.63, 3.8) is 0 Å². The van der Waals surface area contributed by atoms with E-state index in [9.17, 15) is 9.59 Å². The molecule has 5 nitrogen and oxygen atoms in total. The van der Waals surface area contributed by atoms with Crippen LogP contribution in [0.15, 0.2) is 54.6 Å². The van der Waals surface area contributed by atoms with Crippen LogP contribution < -0.4 is 15.5 Å². The van der Waals surface area contributed by atoms with Gasteiger partial charge >= 0.3 is 0 Å². The van der Waals surface area contributed by atoms with Gasteiger partial charge in [0.1, 0.15) is 0 Å². The largest absolute Gasteiger partial charge is 0.325 e. The number of carbonyl (C=O) groups excluding carboxylic acids is 2. The third-order valence-corrected chi connectivity index (χ3v) is 3.58. The van der Waals surface area contributed by atoms with Crippen molar-refractivity contribution in [3.8, 4) is 0 Å². The monoisotopic (exact) mass is 325 g/mol. The highest BCUT2D eigenvalue weighted by molar-refractivity contribution is 6.06. The van der Waals surface area contributed by atoms with Gasteiger partial charge in [-0.15, -0.1) is 0 Å². The summed E-state index contributed by atoms with van der Waals surface area (Å²) in [4.78, 5) is 26.1. The summed E-state index contributed by atoms with van der Waals surface area (Å²) in [5.41, 5.74) is 2.13. The molecular weight excluding hydrogens is 302 g/mol. The highest BCUT2D eigenvalue weighted by Gasteiger charge is 2.15. The van der Waals surface area contributed by atoms with Gasteiger partial charge in [-0.3, -0.25) is 9.59 Å². The van der Waals surface area contributed by atoms with Crippen LogP contribution in [0.4, 0.5) is 11.4 Å². The van der Waals surface area contributed by atoms with Gasteiger partial charge < -0.3 is 15.5 Å². The summed E-state index contributed by atoms with van der Waals surface area (Å²) < 4.78 is 0. The molecule has 0 heterocycles. The Labute approximate surface area is 142 Å². The summed E-state index contributed by atoms with van der Waals surface area (Å²) in [6.45, 7) is 5.49. The van der Waals surface area contributed by atoms with Gasteiger partial charge in [-0.2, -0.15) is 0 Å². The van der Waals surface area contributed by atoms with E-state index in [1.807, 2.05) is 44.2 Å². The van der Waals surface area contributed by atoms with Crippen molar-refractivity contribution in [2.75, 3.05) is 29.9 Å².